The van der Waals surface area contributed by atoms with E-state index in [-0.39, 0.29) is 17.9 Å². The molecule has 0 saturated heterocycles. The lowest BCUT2D eigenvalue weighted by Gasteiger charge is -2.22. The Morgan fingerprint density at radius 1 is 1.10 bits per heavy atom. The quantitative estimate of drug-likeness (QED) is 0.563. The molecule has 1 amide bonds. The number of ether oxygens (including phenoxy) is 1. The zero-order valence-corrected chi connectivity index (χ0v) is 17.3. The van der Waals surface area contributed by atoms with E-state index in [0.29, 0.717) is 22.2 Å². The van der Waals surface area contributed by atoms with Gasteiger partial charge < -0.3 is 15.2 Å². The first-order valence-corrected chi connectivity index (χ1v) is 9.71. The van der Waals surface area contributed by atoms with E-state index in [9.17, 15) is 19.1 Å². The smallest absolute Gasteiger partial charge is 0.328 e. The topological polar surface area (TPSA) is 75.6 Å². The summed E-state index contributed by atoms with van der Waals surface area (Å²) in [7, 11) is 0. The van der Waals surface area contributed by atoms with Gasteiger partial charge in [-0.05, 0) is 37.6 Å². The molecule has 30 heavy (non-hydrogen) atoms. The summed E-state index contributed by atoms with van der Waals surface area (Å²) in [6.07, 6.45) is 0.546. The Bertz CT molecular complexity index is 1100. The highest BCUT2D eigenvalue weighted by molar-refractivity contribution is 6.30. The van der Waals surface area contributed by atoms with Crippen LogP contribution in [0.1, 0.15) is 29.8 Å². The van der Waals surface area contributed by atoms with Crippen molar-refractivity contribution in [3.63, 3.8) is 0 Å². The van der Waals surface area contributed by atoms with E-state index < -0.39 is 23.2 Å². The average Bonchev–Trinajstić information content (AvgIpc) is 2.70. The molecule has 0 atom stereocenters. The average molecular weight is 430 g/mol. The summed E-state index contributed by atoms with van der Waals surface area (Å²) in [5, 5.41) is 13.1. The van der Waals surface area contributed by atoms with Crippen molar-refractivity contribution >= 4 is 34.2 Å². The SMILES string of the molecule is CC(C)(NC(=O)c1cc(F)c2ccccc2c1OCCc1ccc(Cl)cc1)C(=O)O. The van der Waals surface area contributed by atoms with E-state index in [1.807, 2.05) is 12.1 Å². The summed E-state index contributed by atoms with van der Waals surface area (Å²) in [4.78, 5) is 24.2. The van der Waals surface area contributed by atoms with Gasteiger partial charge in [-0.2, -0.15) is 0 Å². The molecule has 0 spiro atoms. The molecule has 156 valence electrons. The second-order valence-electron chi connectivity index (χ2n) is 7.39. The van der Waals surface area contributed by atoms with Gasteiger partial charge in [0.1, 0.15) is 17.1 Å². The van der Waals surface area contributed by atoms with Crippen molar-refractivity contribution in [2.45, 2.75) is 25.8 Å². The van der Waals surface area contributed by atoms with E-state index in [4.69, 9.17) is 16.3 Å². The molecule has 0 unspecified atom stereocenters. The fourth-order valence-electron chi connectivity index (χ4n) is 2.96. The minimum Gasteiger partial charge on any atom is -0.492 e. The normalized spacial score (nSPS) is 11.3. The maximum Gasteiger partial charge on any atom is 0.328 e. The van der Waals surface area contributed by atoms with Crippen LogP contribution in [0, 0.1) is 5.82 Å². The molecule has 3 aromatic rings. The molecule has 0 heterocycles. The molecule has 0 aliphatic carbocycles. The highest BCUT2D eigenvalue weighted by Crippen LogP contribution is 2.32. The number of hydrogen-bond donors (Lipinski definition) is 2. The number of rotatable bonds is 7. The predicted octanol–water partition coefficient (Wildman–Crippen LogP) is 4.85. The monoisotopic (exact) mass is 429 g/mol. The zero-order chi connectivity index (χ0) is 21.9. The van der Waals surface area contributed by atoms with E-state index in [0.717, 1.165) is 11.6 Å². The van der Waals surface area contributed by atoms with Crippen molar-refractivity contribution in [2.75, 3.05) is 6.61 Å². The highest BCUT2D eigenvalue weighted by atomic mass is 35.5. The van der Waals surface area contributed by atoms with Crippen LogP contribution in [0.15, 0.2) is 54.6 Å². The van der Waals surface area contributed by atoms with Crippen molar-refractivity contribution in [2.24, 2.45) is 0 Å². The van der Waals surface area contributed by atoms with Crippen molar-refractivity contribution in [3.8, 4) is 5.75 Å². The molecule has 3 rings (SSSR count). The van der Waals surface area contributed by atoms with Gasteiger partial charge in [-0.3, -0.25) is 4.79 Å². The van der Waals surface area contributed by atoms with Gasteiger partial charge in [0.15, 0.2) is 0 Å². The summed E-state index contributed by atoms with van der Waals surface area (Å²) in [6.45, 7) is 2.94. The minimum absolute atomic E-state index is 0.0587. The van der Waals surface area contributed by atoms with Gasteiger partial charge in [0.2, 0.25) is 0 Å². The number of carbonyl (C=O) groups is 2. The zero-order valence-electron chi connectivity index (χ0n) is 16.5. The number of carboxylic acids is 1. The molecular weight excluding hydrogens is 409 g/mol. The second-order valence-corrected chi connectivity index (χ2v) is 7.83. The molecule has 0 radical (unpaired) electrons. The first-order chi connectivity index (χ1) is 14.2. The molecule has 3 aromatic carbocycles. The van der Waals surface area contributed by atoms with E-state index in [2.05, 4.69) is 5.32 Å². The first-order valence-electron chi connectivity index (χ1n) is 9.33. The third kappa shape index (κ3) is 4.71. The molecule has 0 aliphatic heterocycles. The molecule has 0 aromatic heterocycles. The van der Waals surface area contributed by atoms with Gasteiger partial charge in [-0.25, -0.2) is 9.18 Å². The van der Waals surface area contributed by atoms with Gasteiger partial charge in [0.25, 0.3) is 5.91 Å². The summed E-state index contributed by atoms with van der Waals surface area (Å²) in [5.41, 5.74) is -0.597. The summed E-state index contributed by atoms with van der Waals surface area (Å²) >= 11 is 5.90. The molecule has 2 N–H and O–H groups in total. The minimum atomic E-state index is -1.53. The molecule has 0 saturated carbocycles. The largest absolute Gasteiger partial charge is 0.492 e. The fourth-order valence-corrected chi connectivity index (χ4v) is 3.08. The van der Waals surface area contributed by atoms with Gasteiger partial charge in [0, 0.05) is 22.2 Å². The van der Waals surface area contributed by atoms with Crippen LogP contribution in [-0.2, 0) is 11.2 Å². The van der Waals surface area contributed by atoms with Gasteiger partial charge in [-0.15, -0.1) is 0 Å². The Hall–Kier alpha value is -3.12. The number of aliphatic carboxylic acids is 1. The lowest BCUT2D eigenvalue weighted by Crippen LogP contribution is -2.49. The lowest BCUT2D eigenvalue weighted by atomic mass is 10.0. The number of carbonyl (C=O) groups excluding carboxylic acids is 1. The molecule has 0 aliphatic rings. The number of nitrogens with one attached hydrogen (secondary N) is 1. The Morgan fingerprint density at radius 2 is 1.73 bits per heavy atom. The standard InChI is InChI=1S/C23H21ClFNO4/c1-23(2,22(28)29)26-21(27)18-13-19(25)16-5-3-4-6-17(16)20(18)30-12-11-14-7-9-15(24)10-8-14/h3-10,13H,11-12H2,1-2H3,(H,26,27)(H,28,29). The number of benzene rings is 3. The van der Waals surface area contributed by atoms with Crippen LogP contribution in [0.4, 0.5) is 4.39 Å². The van der Waals surface area contributed by atoms with Crippen LogP contribution in [0.25, 0.3) is 10.8 Å². The Labute approximate surface area is 178 Å². The number of carboxylic acid groups (broad SMARTS) is 1. The highest BCUT2D eigenvalue weighted by Gasteiger charge is 2.31. The van der Waals surface area contributed by atoms with Crippen LogP contribution in [-0.4, -0.2) is 29.1 Å². The van der Waals surface area contributed by atoms with Crippen molar-refractivity contribution in [1.29, 1.82) is 0 Å². The van der Waals surface area contributed by atoms with E-state index in [1.165, 1.54) is 13.8 Å². The predicted molar refractivity (Wildman–Crippen MR) is 114 cm³/mol. The molecule has 0 bridgehead atoms. The molecular formula is C23H21ClFNO4. The number of hydrogen-bond acceptors (Lipinski definition) is 3. The van der Waals surface area contributed by atoms with Crippen LogP contribution in [0.5, 0.6) is 5.75 Å². The van der Waals surface area contributed by atoms with E-state index in [1.54, 1.807) is 36.4 Å². The third-order valence-corrected chi connectivity index (χ3v) is 4.95. The Balaban J connectivity index is 1.94. The third-order valence-electron chi connectivity index (χ3n) is 4.70. The molecule has 7 heteroatoms. The molecule has 5 nitrogen and oxygen atoms in total. The van der Waals surface area contributed by atoms with E-state index >= 15 is 0 Å². The second kappa shape index (κ2) is 8.71. The number of amides is 1. The maximum atomic E-state index is 14.6. The number of halogens is 2. The van der Waals surface area contributed by atoms with Crippen LogP contribution in [0.3, 0.4) is 0 Å². The van der Waals surface area contributed by atoms with Crippen LogP contribution >= 0.6 is 11.6 Å². The van der Waals surface area contributed by atoms with Crippen molar-refractivity contribution in [1.82, 2.24) is 5.32 Å². The maximum absolute atomic E-state index is 14.6. The van der Waals surface area contributed by atoms with Crippen LogP contribution in [0.2, 0.25) is 5.02 Å². The van der Waals surface area contributed by atoms with Gasteiger partial charge in [0.05, 0.1) is 12.2 Å². The van der Waals surface area contributed by atoms with Gasteiger partial charge in [-0.1, -0.05) is 48.0 Å². The van der Waals surface area contributed by atoms with Crippen molar-refractivity contribution in [3.05, 3.63) is 76.6 Å². The summed E-state index contributed by atoms with van der Waals surface area (Å²) in [5.74, 6) is -2.32. The Kier molecular flexibility index (Phi) is 6.27. The number of fused-ring (bicyclic) bond motifs is 1. The lowest BCUT2D eigenvalue weighted by molar-refractivity contribution is -0.143. The van der Waals surface area contributed by atoms with Gasteiger partial charge >= 0.3 is 5.97 Å². The van der Waals surface area contributed by atoms with Crippen LogP contribution < -0.4 is 10.1 Å². The first kappa shape index (κ1) is 21.6. The summed E-state index contributed by atoms with van der Waals surface area (Å²) in [6, 6.07) is 15.0. The summed E-state index contributed by atoms with van der Waals surface area (Å²) < 4.78 is 20.6. The fraction of sp³-hybridized carbons (Fsp3) is 0.217. The van der Waals surface area contributed by atoms with Crippen molar-refractivity contribution < 1.29 is 23.8 Å². The Morgan fingerprint density at radius 3 is 2.37 bits per heavy atom. The molecule has 0 fully saturated rings.